The maximum atomic E-state index is 12.4. The molecule has 0 radical (unpaired) electrons. The first-order valence-corrected chi connectivity index (χ1v) is 9.30. The molecule has 0 saturated carbocycles. The topological polar surface area (TPSA) is 86.2 Å². The van der Waals surface area contributed by atoms with Crippen LogP contribution in [0, 0.1) is 39.0 Å². The number of carbonyl (C=O) groups is 1. The molecular formula is C22H27N3O3. The number of aromatic nitrogens is 1. The van der Waals surface area contributed by atoms with Crippen LogP contribution in [0.3, 0.4) is 0 Å². The molecule has 0 aliphatic rings. The average molecular weight is 381 g/mol. The molecule has 148 valence electrons. The second kappa shape index (κ2) is 9.23. The van der Waals surface area contributed by atoms with E-state index in [1.54, 1.807) is 25.8 Å². The number of carbonyl (C=O) groups excluding carboxylic acids is 1. The molecule has 1 aromatic carbocycles. The highest BCUT2D eigenvalue weighted by Crippen LogP contribution is 2.17. The number of rotatable bonds is 7. The average Bonchev–Trinajstić information content (AvgIpc) is 2.60. The molecule has 0 unspecified atom stereocenters. The van der Waals surface area contributed by atoms with Gasteiger partial charge in [0.25, 0.3) is 5.56 Å². The molecule has 0 aliphatic heterocycles. The van der Waals surface area contributed by atoms with Gasteiger partial charge in [-0.1, -0.05) is 6.07 Å². The third kappa shape index (κ3) is 5.23. The predicted molar refractivity (Wildman–Crippen MR) is 109 cm³/mol. The van der Waals surface area contributed by atoms with Crippen LogP contribution in [0.15, 0.2) is 23.0 Å². The summed E-state index contributed by atoms with van der Waals surface area (Å²) in [6.45, 7) is 8.49. The van der Waals surface area contributed by atoms with Gasteiger partial charge in [0.05, 0.1) is 6.54 Å². The molecule has 6 heteroatoms. The van der Waals surface area contributed by atoms with Gasteiger partial charge in [-0.3, -0.25) is 9.59 Å². The fourth-order valence-electron chi connectivity index (χ4n) is 3.28. The van der Waals surface area contributed by atoms with E-state index >= 15 is 0 Å². The highest BCUT2D eigenvalue weighted by Gasteiger charge is 2.15. The van der Waals surface area contributed by atoms with Crippen LogP contribution in [-0.4, -0.2) is 36.0 Å². The van der Waals surface area contributed by atoms with Gasteiger partial charge >= 0.3 is 0 Å². The van der Waals surface area contributed by atoms with E-state index in [4.69, 9.17) is 10.00 Å². The summed E-state index contributed by atoms with van der Waals surface area (Å²) in [6, 6.07) is 7.97. The molecule has 2 aromatic rings. The summed E-state index contributed by atoms with van der Waals surface area (Å²) in [5.41, 5.74) is 4.22. The van der Waals surface area contributed by atoms with Gasteiger partial charge in [0.15, 0.2) is 0 Å². The lowest BCUT2D eigenvalue weighted by molar-refractivity contribution is -0.130. The molecule has 0 saturated heterocycles. The van der Waals surface area contributed by atoms with Crippen LogP contribution in [-0.2, 0) is 11.2 Å². The summed E-state index contributed by atoms with van der Waals surface area (Å²) < 4.78 is 5.76. The SMILES string of the molecule is Cc1cc(C)cc(OCCN(C)C(=O)CCc2c(C)[nH]c(=O)c(C#N)c2C)c1. The van der Waals surface area contributed by atoms with E-state index in [9.17, 15) is 9.59 Å². The summed E-state index contributed by atoms with van der Waals surface area (Å²) >= 11 is 0. The van der Waals surface area contributed by atoms with E-state index in [0.717, 1.165) is 22.4 Å². The van der Waals surface area contributed by atoms with Crippen molar-refractivity contribution in [3.8, 4) is 11.8 Å². The third-order valence-electron chi connectivity index (χ3n) is 4.83. The van der Waals surface area contributed by atoms with E-state index in [1.165, 1.54) is 0 Å². The van der Waals surface area contributed by atoms with Crippen LogP contribution in [0.4, 0.5) is 0 Å². The lowest BCUT2D eigenvalue weighted by Crippen LogP contribution is -2.31. The Labute approximate surface area is 165 Å². The van der Waals surface area contributed by atoms with Crippen molar-refractivity contribution in [3.05, 3.63) is 62.1 Å². The van der Waals surface area contributed by atoms with Gasteiger partial charge < -0.3 is 14.6 Å². The summed E-state index contributed by atoms with van der Waals surface area (Å²) in [6.07, 6.45) is 0.781. The molecule has 28 heavy (non-hydrogen) atoms. The Kier molecular flexibility index (Phi) is 7.00. The summed E-state index contributed by atoms with van der Waals surface area (Å²) in [5.74, 6) is 0.800. The van der Waals surface area contributed by atoms with Crippen molar-refractivity contribution in [3.63, 3.8) is 0 Å². The minimum atomic E-state index is -0.381. The van der Waals surface area contributed by atoms with Crippen molar-refractivity contribution in [1.82, 2.24) is 9.88 Å². The number of benzene rings is 1. The van der Waals surface area contributed by atoms with Gasteiger partial charge in [0.2, 0.25) is 5.91 Å². The maximum Gasteiger partial charge on any atom is 0.266 e. The number of nitriles is 1. The molecule has 1 N–H and O–H groups in total. The second-order valence-corrected chi connectivity index (χ2v) is 7.16. The molecule has 1 heterocycles. The van der Waals surface area contributed by atoms with Gasteiger partial charge in [-0.2, -0.15) is 5.26 Å². The van der Waals surface area contributed by atoms with Crippen LogP contribution in [0.5, 0.6) is 5.75 Å². The largest absolute Gasteiger partial charge is 0.492 e. The molecule has 1 amide bonds. The number of nitrogens with one attached hydrogen (secondary N) is 1. The Morgan fingerprint density at radius 2 is 1.82 bits per heavy atom. The van der Waals surface area contributed by atoms with Crippen LogP contribution in [0.2, 0.25) is 0 Å². The van der Waals surface area contributed by atoms with E-state index in [2.05, 4.69) is 11.1 Å². The highest BCUT2D eigenvalue weighted by molar-refractivity contribution is 5.76. The summed E-state index contributed by atoms with van der Waals surface area (Å²) in [5, 5.41) is 9.15. The predicted octanol–water partition coefficient (Wildman–Crippen LogP) is 2.95. The number of hydrogen-bond donors (Lipinski definition) is 1. The Bertz CT molecular complexity index is 950. The number of likely N-dealkylation sites (N-methyl/N-ethyl adjacent to an activating group) is 1. The van der Waals surface area contributed by atoms with Crippen LogP contribution in [0.1, 0.15) is 39.9 Å². The summed E-state index contributed by atoms with van der Waals surface area (Å²) in [4.78, 5) is 28.6. The number of nitrogens with zero attached hydrogens (tertiary/aromatic N) is 2. The van der Waals surface area contributed by atoms with E-state index in [0.29, 0.717) is 37.3 Å². The van der Waals surface area contributed by atoms with Crippen molar-refractivity contribution in [2.45, 2.75) is 40.5 Å². The van der Waals surface area contributed by atoms with Gasteiger partial charge in [0, 0.05) is 19.2 Å². The number of H-pyrrole nitrogens is 1. The molecule has 0 aliphatic carbocycles. The maximum absolute atomic E-state index is 12.4. The fraction of sp³-hybridized carbons (Fsp3) is 0.409. The van der Waals surface area contributed by atoms with Gasteiger partial charge in [0.1, 0.15) is 24.0 Å². The van der Waals surface area contributed by atoms with Gasteiger partial charge in [-0.15, -0.1) is 0 Å². The van der Waals surface area contributed by atoms with Crippen molar-refractivity contribution >= 4 is 5.91 Å². The summed E-state index contributed by atoms with van der Waals surface area (Å²) in [7, 11) is 1.75. The first-order valence-electron chi connectivity index (χ1n) is 9.30. The third-order valence-corrected chi connectivity index (χ3v) is 4.83. The standard InChI is InChI=1S/C22H27N3O3/c1-14-10-15(2)12-18(11-14)28-9-8-25(5)21(26)7-6-19-16(3)20(13-23)22(27)24-17(19)4/h10-12H,6-9H2,1-5H3,(H,24,27). The molecule has 6 nitrogen and oxygen atoms in total. The Balaban J connectivity index is 1.91. The fourth-order valence-corrected chi connectivity index (χ4v) is 3.28. The van der Waals surface area contributed by atoms with Crippen molar-refractivity contribution in [1.29, 1.82) is 5.26 Å². The lowest BCUT2D eigenvalue weighted by Gasteiger charge is -2.18. The Morgan fingerprint density at radius 1 is 1.18 bits per heavy atom. The zero-order chi connectivity index (χ0) is 20.8. The van der Waals surface area contributed by atoms with Gasteiger partial charge in [-0.25, -0.2) is 0 Å². The van der Waals surface area contributed by atoms with Crippen LogP contribution in [0.25, 0.3) is 0 Å². The zero-order valence-electron chi connectivity index (χ0n) is 17.2. The smallest absolute Gasteiger partial charge is 0.266 e. The lowest BCUT2D eigenvalue weighted by atomic mass is 9.99. The van der Waals surface area contributed by atoms with E-state index in [1.807, 2.05) is 32.0 Å². The highest BCUT2D eigenvalue weighted by atomic mass is 16.5. The zero-order valence-corrected chi connectivity index (χ0v) is 17.2. The van der Waals surface area contributed by atoms with Crippen molar-refractivity contribution in [2.24, 2.45) is 0 Å². The minimum Gasteiger partial charge on any atom is -0.492 e. The molecule has 1 aromatic heterocycles. The van der Waals surface area contributed by atoms with E-state index < -0.39 is 0 Å². The first kappa shape index (κ1) is 21.2. The number of amides is 1. The van der Waals surface area contributed by atoms with E-state index in [-0.39, 0.29) is 17.0 Å². The molecular weight excluding hydrogens is 354 g/mol. The van der Waals surface area contributed by atoms with Gasteiger partial charge in [-0.05, 0) is 68.5 Å². The molecule has 0 fully saturated rings. The number of aryl methyl sites for hydroxylation is 3. The normalized spacial score (nSPS) is 10.4. The number of ether oxygens (including phenoxy) is 1. The molecule has 2 rings (SSSR count). The van der Waals surface area contributed by atoms with Crippen molar-refractivity contribution in [2.75, 3.05) is 20.2 Å². The number of aromatic amines is 1. The second-order valence-electron chi connectivity index (χ2n) is 7.16. The Morgan fingerprint density at radius 3 is 2.43 bits per heavy atom. The molecule has 0 bridgehead atoms. The monoisotopic (exact) mass is 381 g/mol. The van der Waals surface area contributed by atoms with Crippen LogP contribution >= 0.6 is 0 Å². The number of pyridine rings is 1. The molecule has 0 atom stereocenters. The minimum absolute atomic E-state index is 0.00692. The number of hydrogen-bond acceptors (Lipinski definition) is 4. The van der Waals surface area contributed by atoms with Crippen molar-refractivity contribution < 1.29 is 9.53 Å². The first-order chi connectivity index (χ1) is 13.2. The van der Waals surface area contributed by atoms with Crippen LogP contribution < -0.4 is 10.3 Å². The molecule has 0 spiro atoms. The Hall–Kier alpha value is -3.07. The quantitative estimate of drug-likeness (QED) is 0.799.